The summed E-state index contributed by atoms with van der Waals surface area (Å²) in [6.07, 6.45) is 2.17. The summed E-state index contributed by atoms with van der Waals surface area (Å²) in [6, 6.07) is 6.22. The third kappa shape index (κ3) is 2.76. The molecular formula is C16H19NO3S. The second-order valence-electron chi connectivity index (χ2n) is 5.20. The van der Waals surface area contributed by atoms with Crippen molar-refractivity contribution in [3.05, 3.63) is 45.5 Å². The summed E-state index contributed by atoms with van der Waals surface area (Å²) in [4.78, 5) is 15.4. The summed E-state index contributed by atoms with van der Waals surface area (Å²) in [7, 11) is 1.36. The van der Waals surface area contributed by atoms with Gasteiger partial charge in [0.1, 0.15) is 5.76 Å². The van der Waals surface area contributed by atoms with Crippen LogP contribution in [0.4, 0.5) is 0 Å². The van der Waals surface area contributed by atoms with E-state index in [0.29, 0.717) is 6.04 Å². The number of carbonyl (C=O) groups excluding carboxylic acids is 1. The maximum atomic E-state index is 11.4. The summed E-state index contributed by atoms with van der Waals surface area (Å²) in [5.41, 5.74) is 1.45. The molecule has 112 valence electrons. The first kappa shape index (κ1) is 14.4. The molecular weight excluding hydrogens is 286 g/mol. The quantitative estimate of drug-likeness (QED) is 0.809. The van der Waals surface area contributed by atoms with Gasteiger partial charge in [-0.1, -0.05) is 6.92 Å². The average Bonchev–Trinajstić information content (AvgIpc) is 3.15. The Hall–Kier alpha value is -1.59. The predicted molar refractivity (Wildman–Crippen MR) is 81.5 cm³/mol. The van der Waals surface area contributed by atoms with Crippen molar-refractivity contribution in [3.8, 4) is 0 Å². The Morgan fingerprint density at radius 3 is 3.10 bits per heavy atom. The number of methoxy groups -OCH3 is 1. The van der Waals surface area contributed by atoms with Gasteiger partial charge in [-0.3, -0.25) is 4.90 Å². The van der Waals surface area contributed by atoms with E-state index in [1.165, 1.54) is 17.6 Å². The van der Waals surface area contributed by atoms with Crippen LogP contribution in [0, 0.1) is 0 Å². The molecule has 21 heavy (non-hydrogen) atoms. The van der Waals surface area contributed by atoms with Gasteiger partial charge < -0.3 is 9.15 Å². The molecule has 0 spiro atoms. The number of fused-ring (bicyclic) bond motifs is 1. The summed E-state index contributed by atoms with van der Waals surface area (Å²) < 4.78 is 10.3. The van der Waals surface area contributed by atoms with Crippen LogP contribution in [0.15, 0.2) is 28.0 Å². The van der Waals surface area contributed by atoms with Gasteiger partial charge in [0.25, 0.3) is 0 Å². The summed E-state index contributed by atoms with van der Waals surface area (Å²) in [6.45, 7) is 3.97. The van der Waals surface area contributed by atoms with E-state index in [2.05, 4.69) is 28.0 Å². The Labute approximate surface area is 128 Å². The van der Waals surface area contributed by atoms with Crippen LogP contribution in [-0.4, -0.2) is 24.5 Å². The van der Waals surface area contributed by atoms with Crippen molar-refractivity contribution in [1.82, 2.24) is 4.90 Å². The molecule has 1 aliphatic rings. The molecule has 0 saturated heterocycles. The van der Waals surface area contributed by atoms with Crippen LogP contribution in [0.2, 0.25) is 0 Å². The summed E-state index contributed by atoms with van der Waals surface area (Å²) in [5, 5.41) is 2.18. The molecule has 0 aliphatic carbocycles. The molecule has 0 saturated carbocycles. The standard InChI is InChI=1S/C16H19NO3S/c1-3-13-12-7-9-21-15(12)6-8-17(13)10-11-4-5-14(20-11)16(18)19-2/h4-5,7,9,13H,3,6,8,10H2,1-2H3. The molecule has 1 aliphatic heterocycles. The van der Waals surface area contributed by atoms with E-state index < -0.39 is 5.97 Å². The SMILES string of the molecule is CCC1c2ccsc2CCN1Cc1ccc(C(=O)OC)o1. The highest BCUT2D eigenvalue weighted by Crippen LogP contribution is 2.36. The van der Waals surface area contributed by atoms with Gasteiger partial charge in [0.2, 0.25) is 5.76 Å². The zero-order chi connectivity index (χ0) is 14.8. The van der Waals surface area contributed by atoms with Gasteiger partial charge in [0.05, 0.1) is 13.7 Å². The lowest BCUT2D eigenvalue weighted by Gasteiger charge is -2.34. The molecule has 0 radical (unpaired) electrons. The fraction of sp³-hybridized carbons (Fsp3) is 0.438. The number of furan rings is 1. The van der Waals surface area contributed by atoms with E-state index in [1.807, 2.05) is 17.4 Å². The van der Waals surface area contributed by atoms with Crippen molar-refractivity contribution >= 4 is 17.3 Å². The van der Waals surface area contributed by atoms with Gasteiger partial charge in [0, 0.05) is 17.5 Å². The molecule has 3 heterocycles. The third-order valence-electron chi connectivity index (χ3n) is 4.00. The van der Waals surface area contributed by atoms with Gasteiger partial charge in [-0.25, -0.2) is 4.79 Å². The van der Waals surface area contributed by atoms with Crippen LogP contribution in [0.3, 0.4) is 0 Å². The highest BCUT2D eigenvalue weighted by Gasteiger charge is 2.27. The molecule has 0 aromatic carbocycles. The number of nitrogens with zero attached hydrogens (tertiary/aromatic N) is 1. The maximum Gasteiger partial charge on any atom is 0.373 e. The Kier molecular flexibility index (Phi) is 4.12. The lowest BCUT2D eigenvalue weighted by Crippen LogP contribution is -2.33. The lowest BCUT2D eigenvalue weighted by molar-refractivity contribution is 0.0559. The van der Waals surface area contributed by atoms with Crippen molar-refractivity contribution in [1.29, 1.82) is 0 Å². The first-order valence-corrected chi connectivity index (χ1v) is 8.08. The third-order valence-corrected chi connectivity index (χ3v) is 5.00. The van der Waals surface area contributed by atoms with E-state index >= 15 is 0 Å². The summed E-state index contributed by atoms with van der Waals surface area (Å²) >= 11 is 1.85. The lowest BCUT2D eigenvalue weighted by atomic mass is 9.98. The normalized spacial score (nSPS) is 18.5. The zero-order valence-electron chi connectivity index (χ0n) is 12.3. The minimum atomic E-state index is -0.424. The minimum absolute atomic E-state index is 0.272. The van der Waals surface area contributed by atoms with Crippen LogP contribution in [-0.2, 0) is 17.7 Å². The van der Waals surface area contributed by atoms with E-state index in [-0.39, 0.29) is 5.76 Å². The number of hydrogen-bond donors (Lipinski definition) is 0. The van der Waals surface area contributed by atoms with Crippen LogP contribution in [0.25, 0.3) is 0 Å². The zero-order valence-corrected chi connectivity index (χ0v) is 13.1. The van der Waals surface area contributed by atoms with Gasteiger partial charge in [0.15, 0.2) is 0 Å². The highest BCUT2D eigenvalue weighted by molar-refractivity contribution is 7.10. The minimum Gasteiger partial charge on any atom is -0.463 e. The summed E-state index contributed by atoms with van der Waals surface area (Å²) in [5.74, 6) is 0.661. The van der Waals surface area contributed by atoms with Crippen LogP contribution in [0.1, 0.15) is 46.1 Å². The van der Waals surface area contributed by atoms with E-state index in [0.717, 1.165) is 31.7 Å². The van der Waals surface area contributed by atoms with E-state index in [1.54, 1.807) is 6.07 Å². The Bertz CT molecular complexity index is 631. The number of ether oxygens (including phenoxy) is 1. The molecule has 3 rings (SSSR count). The number of rotatable bonds is 4. The molecule has 2 aromatic heterocycles. The molecule has 4 nitrogen and oxygen atoms in total. The van der Waals surface area contributed by atoms with Gasteiger partial charge in [-0.2, -0.15) is 0 Å². The molecule has 5 heteroatoms. The number of carbonyl (C=O) groups is 1. The van der Waals surface area contributed by atoms with E-state index in [9.17, 15) is 4.79 Å². The van der Waals surface area contributed by atoms with Crippen LogP contribution >= 0.6 is 11.3 Å². The van der Waals surface area contributed by atoms with Crippen molar-refractivity contribution in [2.75, 3.05) is 13.7 Å². The Morgan fingerprint density at radius 1 is 1.48 bits per heavy atom. The van der Waals surface area contributed by atoms with Gasteiger partial charge in [-0.15, -0.1) is 11.3 Å². The molecule has 0 bridgehead atoms. The second-order valence-corrected chi connectivity index (χ2v) is 6.20. The number of thiophene rings is 1. The second kappa shape index (κ2) is 6.03. The fourth-order valence-corrected chi connectivity index (χ4v) is 3.92. The average molecular weight is 305 g/mol. The molecule has 0 N–H and O–H groups in total. The molecule has 0 amide bonds. The predicted octanol–water partition coefficient (Wildman–Crippen LogP) is 3.64. The van der Waals surface area contributed by atoms with Crippen molar-refractivity contribution in [3.63, 3.8) is 0 Å². The Morgan fingerprint density at radius 2 is 2.33 bits per heavy atom. The first-order chi connectivity index (χ1) is 10.2. The van der Waals surface area contributed by atoms with Crippen LogP contribution in [0.5, 0.6) is 0 Å². The van der Waals surface area contributed by atoms with Crippen LogP contribution < -0.4 is 0 Å². The monoisotopic (exact) mass is 305 g/mol. The molecule has 1 unspecified atom stereocenters. The van der Waals surface area contributed by atoms with Crippen molar-refractivity contribution in [2.45, 2.75) is 32.4 Å². The highest BCUT2D eigenvalue weighted by atomic mass is 32.1. The first-order valence-electron chi connectivity index (χ1n) is 7.20. The fourth-order valence-electron chi connectivity index (χ4n) is 2.99. The number of esters is 1. The van der Waals surface area contributed by atoms with Gasteiger partial charge in [-0.05, 0) is 42.0 Å². The maximum absolute atomic E-state index is 11.4. The van der Waals surface area contributed by atoms with Crippen molar-refractivity contribution < 1.29 is 13.9 Å². The Balaban J connectivity index is 1.76. The topological polar surface area (TPSA) is 42.7 Å². The molecule has 2 aromatic rings. The van der Waals surface area contributed by atoms with Gasteiger partial charge >= 0.3 is 5.97 Å². The molecule has 0 fully saturated rings. The number of hydrogen-bond acceptors (Lipinski definition) is 5. The largest absolute Gasteiger partial charge is 0.463 e. The molecule has 1 atom stereocenters. The van der Waals surface area contributed by atoms with E-state index in [4.69, 9.17) is 4.42 Å². The smallest absolute Gasteiger partial charge is 0.373 e. The van der Waals surface area contributed by atoms with Crippen molar-refractivity contribution in [2.24, 2.45) is 0 Å².